The molecule has 0 bridgehead atoms. The number of hydrogen-bond acceptors (Lipinski definition) is 5. The lowest BCUT2D eigenvalue weighted by Crippen LogP contribution is -2.62. The number of allylic oxidation sites excluding steroid dienone is 1. The first-order chi connectivity index (χ1) is 11.0. The Labute approximate surface area is 133 Å². The summed E-state index contributed by atoms with van der Waals surface area (Å²) in [6.45, 7) is 4.02. The Morgan fingerprint density at radius 1 is 1.17 bits per heavy atom. The zero-order valence-corrected chi connectivity index (χ0v) is 13.1. The van der Waals surface area contributed by atoms with Crippen molar-refractivity contribution in [1.29, 1.82) is 0 Å². The number of guanidine groups is 1. The highest BCUT2D eigenvalue weighted by molar-refractivity contribution is 6.10. The van der Waals surface area contributed by atoms with Crippen LogP contribution in [-0.4, -0.2) is 47.0 Å². The molecule has 0 radical (unpaired) electrons. The van der Waals surface area contributed by atoms with Crippen molar-refractivity contribution < 1.29 is 9.59 Å². The average molecular weight is 311 g/mol. The van der Waals surface area contributed by atoms with Crippen molar-refractivity contribution in [2.24, 2.45) is 4.99 Å². The number of carbonyl (C=O) groups is 2. The quantitative estimate of drug-likeness (QED) is 0.847. The number of benzene rings is 1. The van der Waals surface area contributed by atoms with Crippen molar-refractivity contribution in [3.05, 3.63) is 41.7 Å². The van der Waals surface area contributed by atoms with E-state index in [-0.39, 0.29) is 5.91 Å². The summed E-state index contributed by atoms with van der Waals surface area (Å²) in [4.78, 5) is 34.1. The molecule has 2 atom stereocenters. The highest BCUT2D eigenvalue weighted by atomic mass is 16.2. The third kappa shape index (κ3) is 1.79. The summed E-state index contributed by atoms with van der Waals surface area (Å²) in [7, 11) is 1.65. The number of carbonyl (C=O) groups excluding carboxylic acids is 2. The number of hydrogen-bond donors (Lipinski definition) is 1. The second-order valence-electron chi connectivity index (χ2n) is 5.99. The van der Waals surface area contributed by atoms with E-state index in [0.29, 0.717) is 5.96 Å². The summed E-state index contributed by atoms with van der Waals surface area (Å²) < 4.78 is 0. The van der Waals surface area contributed by atoms with Crippen LogP contribution in [-0.2, 0) is 4.79 Å². The molecule has 118 valence electrons. The summed E-state index contributed by atoms with van der Waals surface area (Å²) in [6.07, 6.45) is 1.42. The molecule has 1 N–H and O–H groups in total. The van der Waals surface area contributed by atoms with E-state index in [4.69, 9.17) is 0 Å². The molecule has 3 aliphatic rings. The number of fused-ring (bicyclic) bond motifs is 3. The molecule has 3 heterocycles. The van der Waals surface area contributed by atoms with Crippen LogP contribution >= 0.6 is 0 Å². The number of urea groups is 1. The Hall–Kier alpha value is -2.83. The number of imide groups is 1. The Morgan fingerprint density at radius 2 is 1.91 bits per heavy atom. The number of aliphatic imine (C=N–C) groups is 1. The van der Waals surface area contributed by atoms with E-state index < -0.39 is 18.2 Å². The SMILES string of the molecule is CC1=CN2C(=NC3C2C(=O)NC(=O)N3C)N1c1ccccc1C. The summed E-state index contributed by atoms with van der Waals surface area (Å²) >= 11 is 0. The minimum atomic E-state index is -0.517. The highest BCUT2D eigenvalue weighted by Gasteiger charge is 2.51. The Bertz CT molecular complexity index is 784. The van der Waals surface area contributed by atoms with Gasteiger partial charge in [-0.3, -0.25) is 15.0 Å². The summed E-state index contributed by atoms with van der Waals surface area (Å²) in [5.74, 6) is 0.371. The summed E-state index contributed by atoms with van der Waals surface area (Å²) in [6, 6.07) is 7.10. The minimum Gasteiger partial charge on any atom is -0.303 e. The van der Waals surface area contributed by atoms with Gasteiger partial charge < -0.3 is 9.80 Å². The fraction of sp³-hybridized carbons (Fsp3) is 0.312. The van der Waals surface area contributed by atoms with Gasteiger partial charge in [0.25, 0.3) is 5.91 Å². The van der Waals surface area contributed by atoms with Crippen LogP contribution < -0.4 is 10.2 Å². The third-order valence-corrected chi connectivity index (χ3v) is 4.51. The van der Waals surface area contributed by atoms with Gasteiger partial charge in [0.15, 0.2) is 12.2 Å². The van der Waals surface area contributed by atoms with Crippen molar-refractivity contribution in [3.8, 4) is 0 Å². The molecule has 7 nitrogen and oxygen atoms in total. The fourth-order valence-electron chi connectivity index (χ4n) is 3.31. The predicted molar refractivity (Wildman–Crippen MR) is 85.6 cm³/mol. The van der Waals surface area contributed by atoms with Crippen LogP contribution in [0, 0.1) is 6.92 Å². The van der Waals surface area contributed by atoms with Crippen molar-refractivity contribution in [2.45, 2.75) is 26.1 Å². The molecule has 2 unspecified atom stereocenters. The van der Waals surface area contributed by atoms with Gasteiger partial charge in [0.2, 0.25) is 5.96 Å². The first-order valence-electron chi connectivity index (χ1n) is 7.47. The first-order valence-corrected chi connectivity index (χ1v) is 7.47. The molecule has 0 saturated carbocycles. The monoisotopic (exact) mass is 311 g/mol. The lowest BCUT2D eigenvalue weighted by molar-refractivity contribution is -0.126. The molecule has 1 aromatic rings. The van der Waals surface area contributed by atoms with E-state index in [2.05, 4.69) is 10.3 Å². The van der Waals surface area contributed by atoms with Gasteiger partial charge in [0.05, 0.1) is 5.69 Å². The van der Waals surface area contributed by atoms with Crippen molar-refractivity contribution in [2.75, 3.05) is 11.9 Å². The van der Waals surface area contributed by atoms with Gasteiger partial charge in [-0.25, -0.2) is 9.79 Å². The molecule has 1 saturated heterocycles. The van der Waals surface area contributed by atoms with Crippen LogP contribution in [0.25, 0.3) is 0 Å². The summed E-state index contributed by atoms with van der Waals surface area (Å²) in [5, 5.41) is 2.38. The molecular weight excluding hydrogens is 294 g/mol. The first kappa shape index (κ1) is 13.8. The van der Waals surface area contributed by atoms with E-state index in [1.807, 2.05) is 54.1 Å². The maximum atomic E-state index is 12.3. The van der Waals surface area contributed by atoms with Gasteiger partial charge in [-0.05, 0) is 25.5 Å². The van der Waals surface area contributed by atoms with E-state index in [9.17, 15) is 9.59 Å². The molecule has 0 aromatic heterocycles. The second-order valence-corrected chi connectivity index (χ2v) is 5.99. The third-order valence-electron chi connectivity index (χ3n) is 4.51. The number of amides is 3. The molecule has 3 amide bonds. The molecule has 1 aromatic carbocycles. The lowest BCUT2D eigenvalue weighted by atomic mass is 10.1. The number of nitrogens with zero attached hydrogens (tertiary/aromatic N) is 4. The average Bonchev–Trinajstić information content (AvgIpc) is 3.01. The van der Waals surface area contributed by atoms with Gasteiger partial charge in [-0.15, -0.1) is 0 Å². The number of rotatable bonds is 1. The van der Waals surface area contributed by atoms with E-state index in [1.54, 1.807) is 7.05 Å². The maximum absolute atomic E-state index is 12.3. The Balaban J connectivity index is 1.79. The van der Waals surface area contributed by atoms with Crippen LogP contribution in [0.5, 0.6) is 0 Å². The molecule has 0 aliphatic carbocycles. The summed E-state index contributed by atoms with van der Waals surface area (Å²) in [5.41, 5.74) is 3.13. The molecule has 7 heteroatoms. The van der Waals surface area contributed by atoms with Gasteiger partial charge in [-0.2, -0.15) is 0 Å². The molecule has 0 spiro atoms. The van der Waals surface area contributed by atoms with Crippen LogP contribution in [0.1, 0.15) is 12.5 Å². The molecule has 1 fully saturated rings. The Morgan fingerprint density at radius 3 is 2.65 bits per heavy atom. The molecular formula is C16H17N5O2. The number of para-hydroxylation sites is 1. The number of anilines is 1. The molecule has 23 heavy (non-hydrogen) atoms. The number of aryl methyl sites for hydroxylation is 1. The lowest BCUT2D eigenvalue weighted by Gasteiger charge is -2.34. The predicted octanol–water partition coefficient (Wildman–Crippen LogP) is 1.22. The largest absolute Gasteiger partial charge is 0.325 e. The normalized spacial score (nSPS) is 26.0. The highest BCUT2D eigenvalue weighted by Crippen LogP contribution is 2.35. The van der Waals surface area contributed by atoms with E-state index in [1.165, 1.54) is 4.90 Å². The maximum Gasteiger partial charge on any atom is 0.325 e. The number of likely N-dealkylation sites (N-methyl/N-ethyl adjacent to an activating group) is 1. The van der Waals surface area contributed by atoms with Crippen molar-refractivity contribution in [3.63, 3.8) is 0 Å². The Kier molecular flexibility index (Phi) is 2.75. The van der Waals surface area contributed by atoms with Crippen LogP contribution in [0.15, 0.2) is 41.2 Å². The van der Waals surface area contributed by atoms with E-state index in [0.717, 1.165) is 16.9 Å². The minimum absolute atomic E-state index is 0.312. The molecule has 3 aliphatic heterocycles. The van der Waals surface area contributed by atoms with Gasteiger partial charge in [0.1, 0.15) is 0 Å². The van der Waals surface area contributed by atoms with Crippen molar-refractivity contribution in [1.82, 2.24) is 15.1 Å². The van der Waals surface area contributed by atoms with Gasteiger partial charge in [0, 0.05) is 18.9 Å². The van der Waals surface area contributed by atoms with Crippen LogP contribution in [0.4, 0.5) is 10.5 Å². The van der Waals surface area contributed by atoms with Crippen molar-refractivity contribution >= 4 is 23.6 Å². The zero-order valence-electron chi connectivity index (χ0n) is 13.1. The topological polar surface area (TPSA) is 68.2 Å². The fourth-order valence-corrected chi connectivity index (χ4v) is 3.31. The van der Waals surface area contributed by atoms with Crippen LogP contribution in [0.2, 0.25) is 0 Å². The standard InChI is InChI=1S/C16H17N5O2/c1-9-6-4-5-7-11(9)21-10(2)8-20-12-13(17-15(20)21)19(3)16(23)18-14(12)22/h4-8,12-13H,1-3H3,(H,18,22,23). The molecule has 4 rings (SSSR count). The van der Waals surface area contributed by atoms with Gasteiger partial charge in [-0.1, -0.05) is 18.2 Å². The second kappa shape index (κ2) is 4.58. The van der Waals surface area contributed by atoms with Crippen LogP contribution in [0.3, 0.4) is 0 Å². The smallest absolute Gasteiger partial charge is 0.303 e. The number of nitrogens with one attached hydrogen (secondary N) is 1. The zero-order chi connectivity index (χ0) is 16.3. The van der Waals surface area contributed by atoms with E-state index >= 15 is 0 Å². The van der Waals surface area contributed by atoms with Gasteiger partial charge >= 0.3 is 6.03 Å².